The number of nitriles is 1. The first-order valence-electron chi connectivity index (χ1n) is 4.86. The van der Waals surface area contributed by atoms with Gasteiger partial charge >= 0.3 is 0 Å². The number of rotatable bonds is 3. The fourth-order valence-corrected chi connectivity index (χ4v) is 1.11. The van der Waals surface area contributed by atoms with Gasteiger partial charge in [0, 0.05) is 11.2 Å². The van der Waals surface area contributed by atoms with Crippen LogP contribution in [0.4, 0.5) is 5.69 Å². The highest BCUT2D eigenvalue weighted by Gasteiger charge is 2.13. The Morgan fingerprint density at radius 2 is 1.86 bits per heavy atom. The summed E-state index contributed by atoms with van der Waals surface area (Å²) >= 11 is 0. The summed E-state index contributed by atoms with van der Waals surface area (Å²) in [5.74, 6) is 0. The molecule has 0 saturated heterocycles. The number of nitrogens with zero attached hydrogens (tertiary/aromatic N) is 1. The second-order valence-corrected chi connectivity index (χ2v) is 4.05. The molecule has 1 rings (SSSR count). The molecule has 0 radical (unpaired) electrons. The zero-order valence-electron chi connectivity index (χ0n) is 8.96. The largest absolute Gasteiger partial charge is 0.380 e. The van der Waals surface area contributed by atoms with Crippen LogP contribution in [-0.2, 0) is 0 Å². The Hall–Kier alpha value is -1.49. The third-order valence-electron chi connectivity index (χ3n) is 2.38. The highest BCUT2D eigenvalue weighted by Crippen LogP contribution is 2.17. The number of nitrogens with one attached hydrogen (secondary N) is 1. The van der Waals surface area contributed by atoms with Crippen LogP contribution in [0.2, 0.25) is 0 Å². The molecule has 14 heavy (non-hydrogen) atoms. The van der Waals surface area contributed by atoms with E-state index in [-0.39, 0.29) is 5.54 Å². The summed E-state index contributed by atoms with van der Waals surface area (Å²) in [4.78, 5) is 0. The van der Waals surface area contributed by atoms with Crippen LogP contribution in [0.5, 0.6) is 0 Å². The van der Waals surface area contributed by atoms with Gasteiger partial charge in [0.25, 0.3) is 0 Å². The van der Waals surface area contributed by atoms with Crippen molar-refractivity contribution in [2.45, 2.75) is 32.7 Å². The molecular formula is C12H16N2. The lowest BCUT2D eigenvalue weighted by Crippen LogP contribution is -2.29. The van der Waals surface area contributed by atoms with Gasteiger partial charge in [0.05, 0.1) is 11.6 Å². The highest BCUT2D eigenvalue weighted by molar-refractivity contribution is 5.48. The minimum absolute atomic E-state index is 0.105. The third-order valence-corrected chi connectivity index (χ3v) is 2.38. The molecule has 0 spiro atoms. The van der Waals surface area contributed by atoms with E-state index in [4.69, 9.17) is 5.26 Å². The van der Waals surface area contributed by atoms with Crippen molar-refractivity contribution in [2.75, 3.05) is 5.32 Å². The Bertz CT molecular complexity index is 330. The molecule has 1 aromatic carbocycles. The van der Waals surface area contributed by atoms with Crippen LogP contribution in [0.3, 0.4) is 0 Å². The molecule has 0 unspecified atom stereocenters. The molecule has 0 fully saturated rings. The van der Waals surface area contributed by atoms with Crippen LogP contribution < -0.4 is 5.32 Å². The Morgan fingerprint density at radius 3 is 2.29 bits per heavy atom. The summed E-state index contributed by atoms with van der Waals surface area (Å²) < 4.78 is 0. The molecule has 1 aromatic rings. The Labute approximate surface area is 85.6 Å². The maximum atomic E-state index is 8.64. The van der Waals surface area contributed by atoms with E-state index in [0.29, 0.717) is 5.56 Å². The van der Waals surface area contributed by atoms with Crippen molar-refractivity contribution in [3.63, 3.8) is 0 Å². The summed E-state index contributed by atoms with van der Waals surface area (Å²) in [6.07, 6.45) is 1.06. The topological polar surface area (TPSA) is 35.8 Å². The minimum Gasteiger partial charge on any atom is -0.380 e. The quantitative estimate of drug-likeness (QED) is 0.790. The lowest BCUT2D eigenvalue weighted by Gasteiger charge is -2.25. The van der Waals surface area contributed by atoms with Crippen molar-refractivity contribution in [1.29, 1.82) is 5.26 Å². The Morgan fingerprint density at radius 1 is 1.29 bits per heavy atom. The van der Waals surface area contributed by atoms with E-state index in [1.54, 1.807) is 0 Å². The number of hydrogen-bond donors (Lipinski definition) is 1. The number of anilines is 1. The normalized spacial score (nSPS) is 10.7. The van der Waals surface area contributed by atoms with Gasteiger partial charge in [0.15, 0.2) is 0 Å². The van der Waals surface area contributed by atoms with E-state index in [1.165, 1.54) is 0 Å². The monoisotopic (exact) mass is 188 g/mol. The fraction of sp³-hybridized carbons (Fsp3) is 0.417. The first-order chi connectivity index (χ1) is 6.57. The lowest BCUT2D eigenvalue weighted by atomic mass is 10.0. The van der Waals surface area contributed by atoms with E-state index in [2.05, 4.69) is 32.2 Å². The summed E-state index contributed by atoms with van der Waals surface area (Å²) in [7, 11) is 0. The summed E-state index contributed by atoms with van der Waals surface area (Å²) in [6, 6.07) is 9.64. The third kappa shape index (κ3) is 2.77. The van der Waals surface area contributed by atoms with Crippen LogP contribution >= 0.6 is 0 Å². The van der Waals surface area contributed by atoms with Crippen molar-refractivity contribution >= 4 is 5.69 Å². The van der Waals surface area contributed by atoms with Gasteiger partial charge in [0.1, 0.15) is 0 Å². The molecule has 0 aromatic heterocycles. The summed E-state index contributed by atoms with van der Waals surface area (Å²) in [5.41, 5.74) is 1.87. The van der Waals surface area contributed by atoms with E-state index in [1.807, 2.05) is 24.3 Å². The van der Waals surface area contributed by atoms with Gasteiger partial charge in [0.2, 0.25) is 0 Å². The zero-order chi connectivity index (χ0) is 10.6. The van der Waals surface area contributed by atoms with Gasteiger partial charge in [-0.15, -0.1) is 0 Å². The van der Waals surface area contributed by atoms with Crippen LogP contribution in [0.1, 0.15) is 32.8 Å². The second kappa shape index (κ2) is 4.15. The van der Waals surface area contributed by atoms with E-state index < -0.39 is 0 Å². The highest BCUT2D eigenvalue weighted by atomic mass is 15.0. The maximum absolute atomic E-state index is 8.64. The molecule has 0 amide bonds. The molecule has 2 nitrogen and oxygen atoms in total. The average molecular weight is 188 g/mol. The van der Waals surface area contributed by atoms with Gasteiger partial charge in [-0.1, -0.05) is 6.92 Å². The smallest absolute Gasteiger partial charge is 0.0991 e. The minimum atomic E-state index is 0.105. The predicted molar refractivity (Wildman–Crippen MR) is 59.1 cm³/mol. The molecule has 0 atom stereocenters. The molecule has 0 aliphatic heterocycles. The average Bonchev–Trinajstić information content (AvgIpc) is 2.19. The zero-order valence-corrected chi connectivity index (χ0v) is 8.96. The van der Waals surface area contributed by atoms with Gasteiger partial charge in [-0.2, -0.15) is 5.26 Å². The molecule has 0 aliphatic rings. The molecule has 74 valence electrons. The first kappa shape index (κ1) is 10.6. The molecule has 1 N–H and O–H groups in total. The van der Waals surface area contributed by atoms with E-state index in [0.717, 1.165) is 12.1 Å². The number of hydrogen-bond acceptors (Lipinski definition) is 2. The van der Waals surface area contributed by atoms with Crippen molar-refractivity contribution in [3.8, 4) is 6.07 Å². The SMILES string of the molecule is CCC(C)(C)Nc1ccc(C#N)cc1. The van der Waals surface area contributed by atoms with Crippen molar-refractivity contribution < 1.29 is 0 Å². The Balaban J connectivity index is 2.75. The first-order valence-corrected chi connectivity index (χ1v) is 4.86. The van der Waals surface area contributed by atoms with Gasteiger partial charge in [-0.05, 0) is 44.5 Å². The van der Waals surface area contributed by atoms with Crippen LogP contribution in [0.15, 0.2) is 24.3 Å². The van der Waals surface area contributed by atoms with E-state index in [9.17, 15) is 0 Å². The molecule has 0 bridgehead atoms. The van der Waals surface area contributed by atoms with E-state index >= 15 is 0 Å². The molecule has 0 heterocycles. The summed E-state index contributed by atoms with van der Waals surface area (Å²) in [6.45, 7) is 6.47. The molecular weight excluding hydrogens is 172 g/mol. The van der Waals surface area contributed by atoms with Gasteiger partial charge in [-0.25, -0.2) is 0 Å². The number of benzene rings is 1. The van der Waals surface area contributed by atoms with Gasteiger partial charge < -0.3 is 5.32 Å². The fourth-order valence-electron chi connectivity index (χ4n) is 1.11. The van der Waals surface area contributed by atoms with Crippen LogP contribution in [0, 0.1) is 11.3 Å². The molecule has 0 saturated carbocycles. The van der Waals surface area contributed by atoms with Crippen LogP contribution in [0.25, 0.3) is 0 Å². The van der Waals surface area contributed by atoms with Crippen LogP contribution in [-0.4, -0.2) is 5.54 Å². The maximum Gasteiger partial charge on any atom is 0.0991 e. The lowest BCUT2D eigenvalue weighted by molar-refractivity contribution is 0.547. The second-order valence-electron chi connectivity index (χ2n) is 4.05. The molecule has 2 heteroatoms. The summed E-state index contributed by atoms with van der Waals surface area (Å²) in [5, 5.41) is 12.0. The predicted octanol–water partition coefficient (Wildman–Crippen LogP) is 3.16. The van der Waals surface area contributed by atoms with Crippen molar-refractivity contribution in [1.82, 2.24) is 0 Å². The van der Waals surface area contributed by atoms with Crippen molar-refractivity contribution in [3.05, 3.63) is 29.8 Å². The van der Waals surface area contributed by atoms with Gasteiger partial charge in [-0.3, -0.25) is 0 Å². The Kier molecular flexibility index (Phi) is 3.14. The van der Waals surface area contributed by atoms with Crippen molar-refractivity contribution in [2.24, 2.45) is 0 Å². The molecule has 0 aliphatic carbocycles. The standard InChI is InChI=1S/C12H16N2/c1-4-12(2,3)14-11-7-5-10(9-13)6-8-11/h5-8,14H,4H2,1-3H3.